The number of carbonyl (C=O) groups excluding carboxylic acids is 2. The van der Waals surface area contributed by atoms with Gasteiger partial charge in [0.15, 0.2) is 0 Å². The SMILES string of the molecule is CCCC(c1ccc(C(=O)OC(C)(C)C)cc1)C(NC(=O)c1ccc(Cl)cc1C)c1ccc(OC(F)(F)F)cc1. The molecule has 5 nitrogen and oxygen atoms in total. The van der Waals surface area contributed by atoms with Crippen molar-refractivity contribution < 1.29 is 32.2 Å². The summed E-state index contributed by atoms with van der Waals surface area (Å²) in [7, 11) is 0. The molecule has 9 heteroatoms. The van der Waals surface area contributed by atoms with Crippen molar-refractivity contribution >= 4 is 23.5 Å². The monoisotopic (exact) mass is 575 g/mol. The Bertz CT molecular complexity index is 1320. The van der Waals surface area contributed by atoms with Gasteiger partial charge in [-0.05, 0) is 93.3 Å². The number of ether oxygens (including phenoxy) is 2. The van der Waals surface area contributed by atoms with Crippen molar-refractivity contribution in [2.45, 2.75) is 71.4 Å². The van der Waals surface area contributed by atoms with Crippen LogP contribution >= 0.6 is 11.6 Å². The molecule has 2 atom stereocenters. The first-order chi connectivity index (χ1) is 18.7. The number of rotatable bonds is 9. The number of carbonyl (C=O) groups is 2. The van der Waals surface area contributed by atoms with E-state index in [0.29, 0.717) is 33.7 Å². The normalized spacial score (nSPS) is 13.3. The standard InChI is InChI=1S/C31H33ClF3NO4/c1-6-7-26(20-8-10-22(11-9-20)29(38)40-30(3,4)5)27(21-12-15-24(16-13-21)39-31(33,34)35)36-28(37)25-17-14-23(32)18-19(25)2/h8-18,26-27H,6-7H2,1-5H3,(H,36,37). The number of halogens is 4. The number of aryl methyl sites for hydroxylation is 1. The van der Waals surface area contributed by atoms with Crippen molar-refractivity contribution in [1.82, 2.24) is 5.32 Å². The first-order valence-corrected chi connectivity index (χ1v) is 13.3. The van der Waals surface area contributed by atoms with Crippen LogP contribution in [0.2, 0.25) is 5.02 Å². The summed E-state index contributed by atoms with van der Waals surface area (Å²) in [5.41, 5.74) is 2.32. The third-order valence-electron chi connectivity index (χ3n) is 6.17. The van der Waals surface area contributed by atoms with E-state index in [1.165, 1.54) is 24.3 Å². The van der Waals surface area contributed by atoms with Crippen LogP contribution in [0.4, 0.5) is 13.2 Å². The molecule has 0 spiro atoms. The van der Waals surface area contributed by atoms with Crippen LogP contribution in [0.25, 0.3) is 0 Å². The zero-order valence-corrected chi connectivity index (χ0v) is 23.8. The molecule has 0 aliphatic carbocycles. The lowest BCUT2D eigenvalue weighted by Crippen LogP contribution is -2.33. The summed E-state index contributed by atoms with van der Waals surface area (Å²) in [4.78, 5) is 26.0. The van der Waals surface area contributed by atoms with Crippen molar-refractivity contribution in [2.75, 3.05) is 0 Å². The quantitative estimate of drug-likeness (QED) is 0.260. The zero-order chi connectivity index (χ0) is 29.7. The Kier molecular flexibility index (Phi) is 9.90. The second-order valence-corrected chi connectivity index (χ2v) is 11.0. The molecule has 0 aliphatic heterocycles. The molecule has 3 aromatic carbocycles. The van der Waals surface area contributed by atoms with E-state index in [1.807, 2.05) is 19.1 Å². The Labute approximate surface area is 237 Å². The number of benzene rings is 3. The van der Waals surface area contributed by atoms with Gasteiger partial charge in [-0.1, -0.05) is 49.2 Å². The van der Waals surface area contributed by atoms with Crippen LogP contribution in [0.3, 0.4) is 0 Å². The van der Waals surface area contributed by atoms with Gasteiger partial charge in [0, 0.05) is 16.5 Å². The lowest BCUT2D eigenvalue weighted by molar-refractivity contribution is -0.274. The molecule has 0 bridgehead atoms. The number of esters is 1. The first kappa shape index (κ1) is 31.0. The van der Waals surface area contributed by atoms with Crippen LogP contribution < -0.4 is 10.1 Å². The summed E-state index contributed by atoms with van der Waals surface area (Å²) in [5, 5.41) is 3.59. The second kappa shape index (κ2) is 12.8. The van der Waals surface area contributed by atoms with Gasteiger partial charge >= 0.3 is 12.3 Å². The summed E-state index contributed by atoms with van der Waals surface area (Å²) in [6, 6.07) is 16.8. The fourth-order valence-electron chi connectivity index (χ4n) is 4.43. The van der Waals surface area contributed by atoms with Crippen molar-refractivity contribution in [3.63, 3.8) is 0 Å². The van der Waals surface area contributed by atoms with Crippen molar-refractivity contribution in [1.29, 1.82) is 0 Å². The lowest BCUT2D eigenvalue weighted by Gasteiger charge is -2.30. The van der Waals surface area contributed by atoms with Gasteiger partial charge < -0.3 is 14.8 Å². The Morgan fingerprint density at radius 3 is 2.05 bits per heavy atom. The van der Waals surface area contributed by atoms with Crippen molar-refractivity contribution in [2.24, 2.45) is 0 Å². The Balaban J connectivity index is 2.00. The van der Waals surface area contributed by atoms with Crippen LogP contribution in [0.5, 0.6) is 5.75 Å². The van der Waals surface area contributed by atoms with E-state index in [9.17, 15) is 22.8 Å². The van der Waals surface area contributed by atoms with Gasteiger partial charge in [-0.3, -0.25) is 4.79 Å². The molecule has 40 heavy (non-hydrogen) atoms. The van der Waals surface area contributed by atoms with E-state index in [2.05, 4.69) is 10.1 Å². The van der Waals surface area contributed by atoms with Gasteiger partial charge in [-0.2, -0.15) is 0 Å². The van der Waals surface area contributed by atoms with Gasteiger partial charge in [0.25, 0.3) is 5.91 Å². The highest BCUT2D eigenvalue weighted by molar-refractivity contribution is 6.30. The van der Waals surface area contributed by atoms with E-state index in [4.69, 9.17) is 16.3 Å². The largest absolute Gasteiger partial charge is 0.573 e. The molecule has 0 saturated heterocycles. The Hall–Kier alpha value is -3.52. The summed E-state index contributed by atoms with van der Waals surface area (Å²) in [6.07, 6.45) is -3.40. The highest BCUT2D eigenvalue weighted by Gasteiger charge is 2.32. The molecule has 0 aliphatic rings. The fraction of sp³-hybridized carbons (Fsp3) is 0.355. The van der Waals surface area contributed by atoms with Crippen molar-refractivity contribution in [3.05, 3.63) is 99.6 Å². The van der Waals surface area contributed by atoms with E-state index >= 15 is 0 Å². The summed E-state index contributed by atoms with van der Waals surface area (Å²) < 4.78 is 47.7. The van der Waals surface area contributed by atoms with Crippen LogP contribution in [0.1, 0.15) is 89.9 Å². The van der Waals surface area contributed by atoms with Crippen LogP contribution in [0, 0.1) is 6.92 Å². The molecule has 0 saturated carbocycles. The molecule has 214 valence electrons. The molecule has 3 rings (SSSR count). The maximum Gasteiger partial charge on any atom is 0.573 e. The number of amides is 1. The topological polar surface area (TPSA) is 64.6 Å². The van der Waals surface area contributed by atoms with E-state index < -0.39 is 24.0 Å². The molecular formula is C31H33ClF3NO4. The fourth-order valence-corrected chi connectivity index (χ4v) is 4.66. The first-order valence-electron chi connectivity index (χ1n) is 12.9. The average molecular weight is 576 g/mol. The second-order valence-electron chi connectivity index (χ2n) is 10.5. The van der Waals surface area contributed by atoms with Gasteiger partial charge in [-0.25, -0.2) is 4.79 Å². The minimum Gasteiger partial charge on any atom is -0.456 e. The average Bonchev–Trinajstić information content (AvgIpc) is 2.85. The van der Waals surface area contributed by atoms with E-state index in [1.54, 1.807) is 58.0 Å². The minimum absolute atomic E-state index is 0.261. The Morgan fingerprint density at radius 2 is 1.52 bits per heavy atom. The van der Waals surface area contributed by atoms with Crippen LogP contribution in [-0.4, -0.2) is 23.8 Å². The Morgan fingerprint density at radius 1 is 0.925 bits per heavy atom. The minimum atomic E-state index is -4.82. The van der Waals surface area contributed by atoms with Gasteiger partial charge in [0.2, 0.25) is 0 Å². The molecule has 0 radical (unpaired) electrons. The zero-order valence-electron chi connectivity index (χ0n) is 23.1. The van der Waals surface area contributed by atoms with Crippen LogP contribution in [-0.2, 0) is 4.74 Å². The number of alkyl halides is 3. The van der Waals surface area contributed by atoms with E-state index in [-0.39, 0.29) is 17.6 Å². The molecule has 1 N–H and O–H groups in total. The molecule has 0 heterocycles. The smallest absolute Gasteiger partial charge is 0.456 e. The van der Waals surface area contributed by atoms with Crippen molar-refractivity contribution in [3.8, 4) is 5.75 Å². The molecule has 1 amide bonds. The predicted octanol–water partition coefficient (Wildman–Crippen LogP) is 8.56. The highest BCUT2D eigenvalue weighted by Crippen LogP contribution is 2.37. The van der Waals surface area contributed by atoms with E-state index in [0.717, 1.165) is 12.0 Å². The lowest BCUT2D eigenvalue weighted by atomic mass is 9.83. The molecule has 3 aromatic rings. The predicted molar refractivity (Wildman–Crippen MR) is 149 cm³/mol. The van der Waals surface area contributed by atoms with Gasteiger partial charge in [0.1, 0.15) is 11.4 Å². The molecule has 0 aromatic heterocycles. The summed E-state index contributed by atoms with van der Waals surface area (Å²) in [6.45, 7) is 9.15. The third-order valence-corrected chi connectivity index (χ3v) is 6.40. The highest BCUT2D eigenvalue weighted by atomic mass is 35.5. The number of hydrogen-bond acceptors (Lipinski definition) is 4. The number of hydrogen-bond donors (Lipinski definition) is 1. The van der Waals surface area contributed by atoms with Gasteiger partial charge in [0.05, 0.1) is 11.6 Å². The third kappa shape index (κ3) is 8.74. The van der Waals surface area contributed by atoms with Crippen LogP contribution in [0.15, 0.2) is 66.7 Å². The molecule has 0 fully saturated rings. The van der Waals surface area contributed by atoms with Gasteiger partial charge in [-0.15, -0.1) is 13.2 Å². The maximum atomic E-state index is 13.4. The number of nitrogens with one attached hydrogen (secondary N) is 1. The molecule has 2 unspecified atom stereocenters. The summed E-state index contributed by atoms with van der Waals surface area (Å²) in [5.74, 6) is -1.41. The molecular weight excluding hydrogens is 543 g/mol. The summed E-state index contributed by atoms with van der Waals surface area (Å²) >= 11 is 6.07. The maximum absolute atomic E-state index is 13.4.